The largest absolute Gasteiger partial charge is 0.456 e. The van der Waals surface area contributed by atoms with Crippen molar-refractivity contribution in [3.63, 3.8) is 0 Å². The number of hydrogen-bond donors (Lipinski definition) is 0. The van der Waals surface area contributed by atoms with Gasteiger partial charge in [-0.15, -0.1) is 0 Å². The molecule has 0 bridgehead atoms. The molecular formula is C56H35O3P. The summed E-state index contributed by atoms with van der Waals surface area (Å²) < 4.78 is 27.8. The lowest BCUT2D eigenvalue weighted by molar-refractivity contribution is 0.592. The van der Waals surface area contributed by atoms with Crippen molar-refractivity contribution in [3.05, 3.63) is 212 Å². The Morgan fingerprint density at radius 3 is 1.33 bits per heavy atom. The molecule has 3 nitrogen and oxygen atoms in total. The summed E-state index contributed by atoms with van der Waals surface area (Å²) in [7, 11) is -3.15. The third-order valence-corrected chi connectivity index (χ3v) is 15.2. The first-order valence-electron chi connectivity index (χ1n) is 20.2. The van der Waals surface area contributed by atoms with Gasteiger partial charge in [-0.1, -0.05) is 152 Å². The lowest BCUT2D eigenvalue weighted by Gasteiger charge is -2.21. The number of fused-ring (bicyclic) bond motifs is 9. The van der Waals surface area contributed by atoms with Crippen molar-refractivity contribution in [3.8, 4) is 33.4 Å². The van der Waals surface area contributed by atoms with Gasteiger partial charge in [0.1, 0.15) is 22.3 Å². The van der Waals surface area contributed by atoms with Crippen molar-refractivity contribution in [2.45, 2.75) is 0 Å². The summed E-state index contributed by atoms with van der Waals surface area (Å²) in [4.78, 5) is 0. The molecule has 10 aromatic carbocycles. The summed E-state index contributed by atoms with van der Waals surface area (Å²) in [5.74, 6) is 0. The van der Waals surface area contributed by atoms with Gasteiger partial charge in [0.15, 0.2) is 7.14 Å². The minimum Gasteiger partial charge on any atom is -0.456 e. The molecule has 0 spiro atoms. The maximum atomic E-state index is 15.3. The van der Waals surface area contributed by atoms with E-state index in [4.69, 9.17) is 8.83 Å². The summed E-state index contributed by atoms with van der Waals surface area (Å²) in [5, 5.41) is 11.5. The molecule has 0 aliphatic heterocycles. The molecule has 0 unspecified atom stereocenters. The summed E-state index contributed by atoms with van der Waals surface area (Å²) in [6, 6.07) is 73.4. The maximum absolute atomic E-state index is 15.3. The Labute approximate surface area is 346 Å². The predicted octanol–water partition coefficient (Wildman–Crippen LogP) is 14.4. The van der Waals surface area contributed by atoms with E-state index in [1.165, 1.54) is 10.8 Å². The van der Waals surface area contributed by atoms with Gasteiger partial charge >= 0.3 is 0 Å². The Bertz CT molecular complexity index is 3650. The lowest BCUT2D eigenvalue weighted by atomic mass is 9.91. The van der Waals surface area contributed by atoms with Crippen LogP contribution in [0.25, 0.3) is 98.8 Å². The summed E-state index contributed by atoms with van der Waals surface area (Å²) >= 11 is 0. The minimum absolute atomic E-state index is 0.818. The molecule has 60 heavy (non-hydrogen) atoms. The molecule has 0 aliphatic rings. The fraction of sp³-hybridized carbons (Fsp3) is 0. The van der Waals surface area contributed by atoms with Gasteiger partial charge in [-0.3, -0.25) is 0 Å². The molecule has 0 amide bonds. The Morgan fingerprint density at radius 1 is 0.283 bits per heavy atom. The molecule has 0 radical (unpaired) electrons. The molecule has 0 fully saturated rings. The van der Waals surface area contributed by atoms with Crippen LogP contribution in [0.3, 0.4) is 0 Å². The molecule has 2 heterocycles. The maximum Gasteiger partial charge on any atom is 0.171 e. The topological polar surface area (TPSA) is 43.4 Å². The van der Waals surface area contributed by atoms with Crippen molar-refractivity contribution >= 4 is 88.5 Å². The van der Waals surface area contributed by atoms with Crippen molar-refractivity contribution in [1.29, 1.82) is 0 Å². The first-order chi connectivity index (χ1) is 29.6. The molecule has 0 saturated heterocycles. The molecule has 2 aromatic heterocycles. The van der Waals surface area contributed by atoms with Gasteiger partial charge in [0.05, 0.1) is 0 Å². The van der Waals surface area contributed by atoms with Crippen LogP contribution in [0, 0.1) is 0 Å². The number of rotatable bonds is 6. The molecule has 0 atom stereocenters. The van der Waals surface area contributed by atoms with Crippen LogP contribution in [-0.2, 0) is 4.57 Å². The van der Waals surface area contributed by atoms with Crippen LogP contribution in [0.5, 0.6) is 0 Å². The van der Waals surface area contributed by atoms with Crippen LogP contribution in [0.1, 0.15) is 0 Å². The van der Waals surface area contributed by atoms with Crippen LogP contribution in [-0.4, -0.2) is 0 Å². The van der Waals surface area contributed by atoms with E-state index in [-0.39, 0.29) is 0 Å². The zero-order valence-electron chi connectivity index (χ0n) is 32.4. The molecule has 12 rings (SSSR count). The van der Waals surface area contributed by atoms with Crippen molar-refractivity contribution in [2.75, 3.05) is 0 Å². The normalized spacial score (nSPS) is 12.1. The zero-order valence-corrected chi connectivity index (χ0v) is 33.3. The standard InChI is InChI=1S/C56H35O3P/c57-60(42-13-3-1-4-14-42,43-15-5-2-6-16-43)44-17-11-12-40(30-44)49-35-41-23-22-36(31-48(41)45-18-7-8-19-46(45)49)38-25-28-55-51(33-38)52-34-39(26-29-56(52)59-55)37-24-27-54-50(32-37)47-20-9-10-21-53(47)58-54/h1-35H. The summed E-state index contributed by atoms with van der Waals surface area (Å²) in [6.45, 7) is 0. The van der Waals surface area contributed by atoms with Gasteiger partial charge in [0.25, 0.3) is 0 Å². The third-order valence-electron chi connectivity index (χ3n) is 12.1. The molecule has 0 aliphatic carbocycles. The van der Waals surface area contributed by atoms with E-state index in [2.05, 4.69) is 127 Å². The number of hydrogen-bond acceptors (Lipinski definition) is 3. The summed E-state index contributed by atoms with van der Waals surface area (Å²) in [5.41, 5.74) is 10.2. The van der Waals surface area contributed by atoms with Crippen LogP contribution in [0.15, 0.2) is 221 Å². The Morgan fingerprint density at radius 2 is 0.733 bits per heavy atom. The van der Waals surface area contributed by atoms with Crippen LogP contribution >= 0.6 is 7.14 Å². The Hall–Kier alpha value is -7.45. The fourth-order valence-corrected chi connectivity index (χ4v) is 11.8. The Kier molecular flexibility index (Phi) is 7.82. The molecular weight excluding hydrogens is 752 g/mol. The summed E-state index contributed by atoms with van der Waals surface area (Å²) in [6.07, 6.45) is 0. The highest BCUT2D eigenvalue weighted by molar-refractivity contribution is 7.85. The molecule has 282 valence electrons. The second kappa shape index (κ2) is 13.6. The highest BCUT2D eigenvalue weighted by Gasteiger charge is 2.30. The van der Waals surface area contributed by atoms with Gasteiger partial charge in [-0.05, 0) is 116 Å². The monoisotopic (exact) mass is 786 g/mol. The van der Waals surface area contributed by atoms with Crippen LogP contribution in [0.2, 0.25) is 0 Å². The van der Waals surface area contributed by atoms with Crippen molar-refractivity contribution in [1.82, 2.24) is 0 Å². The van der Waals surface area contributed by atoms with Crippen LogP contribution in [0.4, 0.5) is 0 Å². The molecule has 0 saturated carbocycles. The number of furan rings is 2. The quantitative estimate of drug-likeness (QED) is 0.125. The van der Waals surface area contributed by atoms with Crippen molar-refractivity contribution in [2.24, 2.45) is 0 Å². The highest BCUT2D eigenvalue weighted by atomic mass is 31.2. The molecule has 0 N–H and O–H groups in total. The van der Waals surface area contributed by atoms with E-state index in [0.29, 0.717) is 0 Å². The smallest absolute Gasteiger partial charge is 0.171 e. The first kappa shape index (κ1) is 34.6. The third kappa shape index (κ3) is 5.48. The minimum atomic E-state index is -3.15. The van der Waals surface area contributed by atoms with E-state index >= 15 is 4.57 Å². The van der Waals surface area contributed by atoms with Gasteiger partial charge in [-0.2, -0.15) is 0 Å². The highest BCUT2D eigenvalue weighted by Crippen LogP contribution is 2.45. The van der Waals surface area contributed by atoms with Crippen molar-refractivity contribution < 1.29 is 13.4 Å². The van der Waals surface area contributed by atoms with Gasteiger partial charge in [0.2, 0.25) is 0 Å². The second-order valence-corrected chi connectivity index (χ2v) is 18.3. The Balaban J connectivity index is 0.954. The SMILES string of the molecule is O=P(c1ccccc1)(c1ccccc1)c1cccc(-c2cc3ccc(-c4ccc5oc6ccc(-c7ccc8oc9ccccc9c8c7)cc6c5c4)cc3c3ccccc23)c1. The predicted molar refractivity (Wildman–Crippen MR) is 252 cm³/mol. The number of benzene rings is 10. The average molecular weight is 787 g/mol. The van der Waals surface area contributed by atoms with Crippen LogP contribution < -0.4 is 15.9 Å². The first-order valence-corrected chi connectivity index (χ1v) is 22.0. The van der Waals surface area contributed by atoms with E-state index < -0.39 is 7.14 Å². The lowest BCUT2D eigenvalue weighted by Crippen LogP contribution is -2.25. The van der Waals surface area contributed by atoms with E-state index in [1.54, 1.807) is 0 Å². The van der Waals surface area contributed by atoms with E-state index in [9.17, 15) is 0 Å². The fourth-order valence-electron chi connectivity index (χ4n) is 9.15. The molecule has 12 aromatic rings. The van der Waals surface area contributed by atoms with Gasteiger partial charge < -0.3 is 13.4 Å². The van der Waals surface area contributed by atoms with E-state index in [0.717, 1.165) is 104 Å². The average Bonchev–Trinajstić information content (AvgIpc) is 3.89. The zero-order chi connectivity index (χ0) is 39.8. The van der Waals surface area contributed by atoms with Gasteiger partial charge in [-0.25, -0.2) is 0 Å². The van der Waals surface area contributed by atoms with Gasteiger partial charge in [0, 0.05) is 37.5 Å². The van der Waals surface area contributed by atoms with E-state index in [1.807, 2.05) is 84.9 Å². The second-order valence-electron chi connectivity index (χ2n) is 15.6. The number of para-hydroxylation sites is 1. The molecule has 4 heteroatoms.